The number of nitrogens with one attached hydrogen (secondary N) is 1. The number of rotatable bonds is 3. The quantitative estimate of drug-likeness (QED) is 0.600. The van der Waals surface area contributed by atoms with Gasteiger partial charge in [0, 0.05) is 0 Å². The molecule has 0 aliphatic carbocycles. The lowest BCUT2D eigenvalue weighted by Gasteiger charge is -2.23. The van der Waals surface area contributed by atoms with Crippen LogP contribution in [0.3, 0.4) is 0 Å². The van der Waals surface area contributed by atoms with E-state index in [1.807, 2.05) is 0 Å². The van der Waals surface area contributed by atoms with E-state index in [1.54, 1.807) is 0 Å². The molecule has 0 fully saturated rings. The normalized spacial score (nSPS) is 16.8. The van der Waals surface area contributed by atoms with Crippen LogP contribution in [0.15, 0.2) is 27.6 Å². The molecule has 0 spiro atoms. The van der Waals surface area contributed by atoms with E-state index in [2.05, 4.69) is 21.3 Å². The molecule has 0 radical (unpaired) electrons. The van der Waals surface area contributed by atoms with Gasteiger partial charge in [-0.1, -0.05) is 0 Å². The van der Waals surface area contributed by atoms with Gasteiger partial charge in [0.25, 0.3) is 0 Å². The molecule has 9 nitrogen and oxygen atoms in total. The molecular weight excluding hydrogens is 168 g/mol. The molecule has 0 aromatic carbocycles. The van der Waals surface area contributed by atoms with Crippen molar-refractivity contribution in [2.45, 2.75) is 0 Å². The Morgan fingerprint density at radius 3 is 2.58 bits per heavy atom. The third-order valence-electron chi connectivity index (χ3n) is 1.10. The summed E-state index contributed by atoms with van der Waals surface area (Å²) >= 11 is 0. The standard InChI is InChI=1S/C3H4N6O3/c10-4-3-1-8(6-11)5-9(2-3)7-12/h1,5H,2H2. The van der Waals surface area contributed by atoms with Gasteiger partial charge in [0.1, 0.15) is 12.2 Å². The smallest absolute Gasteiger partial charge is 0.127 e. The summed E-state index contributed by atoms with van der Waals surface area (Å²) in [6.07, 6.45) is 1.06. The fourth-order valence-electron chi connectivity index (χ4n) is 0.659. The van der Waals surface area contributed by atoms with Gasteiger partial charge in [0.05, 0.1) is 16.8 Å². The van der Waals surface area contributed by atoms with Crippen molar-refractivity contribution < 1.29 is 0 Å². The maximum atomic E-state index is 10.00. The molecule has 1 N–H and O–H groups in total. The number of nitroso groups, excluding NO2 is 3. The van der Waals surface area contributed by atoms with Crippen molar-refractivity contribution in [2.24, 2.45) is 15.7 Å². The summed E-state index contributed by atoms with van der Waals surface area (Å²) in [5.41, 5.74) is 2.13. The van der Waals surface area contributed by atoms with Crippen molar-refractivity contribution in [3.8, 4) is 0 Å². The highest BCUT2D eigenvalue weighted by Crippen LogP contribution is 2.07. The summed E-state index contributed by atoms with van der Waals surface area (Å²) in [7, 11) is 0. The van der Waals surface area contributed by atoms with Crippen molar-refractivity contribution >= 4 is 0 Å². The van der Waals surface area contributed by atoms with Gasteiger partial charge < -0.3 is 0 Å². The highest BCUT2D eigenvalue weighted by atomic mass is 16.3. The van der Waals surface area contributed by atoms with Crippen LogP contribution in [0.5, 0.6) is 0 Å². The molecule has 1 heterocycles. The van der Waals surface area contributed by atoms with Crippen LogP contribution < -0.4 is 5.53 Å². The average Bonchev–Trinajstić information content (AvgIpc) is 2.16. The van der Waals surface area contributed by atoms with Crippen LogP contribution in [0.25, 0.3) is 0 Å². The van der Waals surface area contributed by atoms with E-state index < -0.39 is 0 Å². The lowest BCUT2D eigenvalue weighted by molar-refractivity contribution is 0.0506. The van der Waals surface area contributed by atoms with Crippen LogP contribution >= 0.6 is 0 Å². The summed E-state index contributed by atoms with van der Waals surface area (Å²) in [5.74, 6) is 0. The second kappa shape index (κ2) is 3.48. The fourth-order valence-corrected chi connectivity index (χ4v) is 0.659. The van der Waals surface area contributed by atoms with Gasteiger partial charge in [-0.05, 0) is 5.18 Å². The van der Waals surface area contributed by atoms with Crippen molar-refractivity contribution in [1.82, 2.24) is 15.8 Å². The summed E-state index contributed by atoms with van der Waals surface area (Å²) in [5, 5.41) is 8.69. The molecule has 1 aliphatic rings. The topological polar surface area (TPSA) is 107 Å². The minimum Gasteiger partial charge on any atom is -0.167 e. The Morgan fingerprint density at radius 1 is 1.33 bits per heavy atom. The van der Waals surface area contributed by atoms with Gasteiger partial charge in [0.15, 0.2) is 0 Å². The van der Waals surface area contributed by atoms with E-state index in [4.69, 9.17) is 0 Å². The van der Waals surface area contributed by atoms with E-state index in [0.29, 0.717) is 10.2 Å². The first-order valence-electron chi connectivity index (χ1n) is 2.84. The Labute approximate surface area is 65.8 Å². The van der Waals surface area contributed by atoms with Crippen LogP contribution in [-0.2, 0) is 0 Å². The minimum absolute atomic E-state index is 0.0204. The molecule has 0 unspecified atom stereocenters. The Balaban J connectivity index is 2.76. The summed E-state index contributed by atoms with van der Waals surface area (Å²) in [4.78, 5) is 29.9. The van der Waals surface area contributed by atoms with Crippen LogP contribution in [0.4, 0.5) is 0 Å². The maximum absolute atomic E-state index is 10.00. The van der Waals surface area contributed by atoms with Crippen molar-refractivity contribution in [2.75, 3.05) is 6.54 Å². The van der Waals surface area contributed by atoms with Crippen LogP contribution in [0, 0.1) is 14.7 Å². The maximum Gasteiger partial charge on any atom is 0.127 e. The van der Waals surface area contributed by atoms with Crippen molar-refractivity contribution in [3.05, 3.63) is 26.6 Å². The van der Waals surface area contributed by atoms with Crippen LogP contribution in [0.1, 0.15) is 0 Å². The van der Waals surface area contributed by atoms with E-state index in [9.17, 15) is 14.7 Å². The Hall–Kier alpha value is -1.90. The predicted molar refractivity (Wildman–Crippen MR) is 37.1 cm³/mol. The highest BCUT2D eigenvalue weighted by molar-refractivity contribution is 5.02. The summed E-state index contributed by atoms with van der Waals surface area (Å²) in [6, 6.07) is 0. The van der Waals surface area contributed by atoms with Gasteiger partial charge in [-0.2, -0.15) is 5.12 Å². The SMILES string of the molecule is O=NC1=CN(N=O)NN(N=O)C1. The van der Waals surface area contributed by atoms with E-state index >= 15 is 0 Å². The first-order valence-corrected chi connectivity index (χ1v) is 2.84. The third-order valence-corrected chi connectivity index (χ3v) is 1.10. The molecule has 0 aromatic rings. The molecular formula is C3H4N6O3. The number of hydrogen-bond donors (Lipinski definition) is 1. The van der Waals surface area contributed by atoms with Gasteiger partial charge in [-0.15, -0.1) is 25.4 Å². The Bertz CT molecular complexity index is 238. The van der Waals surface area contributed by atoms with E-state index in [0.717, 1.165) is 6.20 Å². The molecule has 0 bridgehead atoms. The second-order valence-electron chi connectivity index (χ2n) is 1.88. The van der Waals surface area contributed by atoms with Gasteiger partial charge in [0.2, 0.25) is 0 Å². The Kier molecular flexibility index (Phi) is 2.38. The monoisotopic (exact) mass is 172 g/mol. The molecule has 0 saturated heterocycles. The van der Waals surface area contributed by atoms with Crippen LogP contribution in [-0.4, -0.2) is 16.8 Å². The largest absolute Gasteiger partial charge is 0.167 e. The van der Waals surface area contributed by atoms with Gasteiger partial charge in [-0.3, -0.25) is 0 Å². The molecule has 1 aliphatic heterocycles. The fraction of sp³-hybridized carbons (Fsp3) is 0.333. The number of nitrogens with zero attached hydrogens (tertiary/aromatic N) is 5. The number of hydrazine groups is 2. The molecule has 64 valence electrons. The average molecular weight is 172 g/mol. The molecule has 0 amide bonds. The lowest BCUT2D eigenvalue weighted by atomic mass is 10.5. The van der Waals surface area contributed by atoms with E-state index in [1.165, 1.54) is 0 Å². The summed E-state index contributed by atoms with van der Waals surface area (Å²) < 4.78 is 0. The Morgan fingerprint density at radius 2 is 2.08 bits per heavy atom. The van der Waals surface area contributed by atoms with Gasteiger partial charge in [-0.25, -0.2) is 0 Å². The molecule has 1 rings (SSSR count). The predicted octanol–water partition coefficient (Wildman–Crippen LogP) is -0.00580. The van der Waals surface area contributed by atoms with Gasteiger partial charge >= 0.3 is 0 Å². The zero-order valence-electron chi connectivity index (χ0n) is 5.75. The highest BCUT2D eigenvalue weighted by Gasteiger charge is 2.17. The van der Waals surface area contributed by atoms with E-state index in [-0.39, 0.29) is 12.2 Å². The second-order valence-corrected chi connectivity index (χ2v) is 1.88. The minimum atomic E-state index is -0.0982. The molecule has 12 heavy (non-hydrogen) atoms. The molecule has 0 saturated carbocycles. The molecule has 0 atom stereocenters. The first kappa shape index (κ1) is 8.20. The zero-order chi connectivity index (χ0) is 8.97. The first-order chi connectivity index (χ1) is 5.80. The van der Waals surface area contributed by atoms with Crippen molar-refractivity contribution in [1.29, 1.82) is 0 Å². The summed E-state index contributed by atoms with van der Waals surface area (Å²) in [6.45, 7) is -0.0982. The van der Waals surface area contributed by atoms with Crippen LogP contribution in [0.2, 0.25) is 0 Å². The van der Waals surface area contributed by atoms with Crippen molar-refractivity contribution in [3.63, 3.8) is 0 Å². The molecule has 9 heteroatoms. The zero-order valence-corrected chi connectivity index (χ0v) is 5.75. The number of hydrogen-bond acceptors (Lipinski definition) is 7. The lowest BCUT2D eigenvalue weighted by Crippen LogP contribution is -2.45. The third kappa shape index (κ3) is 1.58. The molecule has 0 aromatic heterocycles.